The summed E-state index contributed by atoms with van der Waals surface area (Å²) in [7, 11) is 0. The lowest BCUT2D eigenvalue weighted by atomic mass is 9.82. The number of anilines is 1. The Balaban J connectivity index is 1.42. The highest BCUT2D eigenvalue weighted by atomic mass is 16.2. The zero-order valence-corrected chi connectivity index (χ0v) is 19.7. The van der Waals surface area contributed by atoms with Crippen LogP contribution in [0.3, 0.4) is 0 Å². The molecule has 1 aliphatic heterocycles. The molecule has 0 radical (unpaired) electrons. The van der Waals surface area contributed by atoms with E-state index in [-0.39, 0.29) is 11.5 Å². The summed E-state index contributed by atoms with van der Waals surface area (Å²) >= 11 is 0. The molecule has 34 heavy (non-hydrogen) atoms. The van der Waals surface area contributed by atoms with Crippen LogP contribution >= 0.6 is 0 Å². The van der Waals surface area contributed by atoms with Gasteiger partial charge in [-0.1, -0.05) is 43.3 Å². The second-order valence-corrected chi connectivity index (χ2v) is 9.73. The van der Waals surface area contributed by atoms with Crippen molar-refractivity contribution < 1.29 is 0 Å². The maximum Gasteiger partial charge on any atom is 0.325 e. The van der Waals surface area contributed by atoms with Crippen LogP contribution in [0.15, 0.2) is 64.3 Å². The van der Waals surface area contributed by atoms with E-state index in [1.807, 2.05) is 42.6 Å². The van der Waals surface area contributed by atoms with Gasteiger partial charge in [-0.25, -0.2) is 9.78 Å². The molecule has 1 fully saturated rings. The highest BCUT2D eigenvalue weighted by Gasteiger charge is 2.26. The Morgan fingerprint density at radius 1 is 1.06 bits per heavy atom. The van der Waals surface area contributed by atoms with Crippen molar-refractivity contribution in [2.75, 3.05) is 18.0 Å². The molecule has 176 valence electrons. The van der Waals surface area contributed by atoms with Gasteiger partial charge in [0, 0.05) is 48.4 Å². The zero-order valence-electron chi connectivity index (χ0n) is 19.7. The van der Waals surface area contributed by atoms with Gasteiger partial charge in [0.2, 0.25) is 0 Å². The second-order valence-electron chi connectivity index (χ2n) is 9.73. The number of nitrogens with one attached hydrogen (secondary N) is 2. The van der Waals surface area contributed by atoms with E-state index in [2.05, 4.69) is 33.9 Å². The van der Waals surface area contributed by atoms with E-state index in [0.717, 1.165) is 49.4 Å². The highest BCUT2D eigenvalue weighted by molar-refractivity contribution is 5.75. The Bertz CT molecular complexity index is 1290. The Labute approximate surface area is 199 Å². The average Bonchev–Trinajstić information content (AvgIpc) is 2.86. The predicted octanol–water partition coefficient (Wildman–Crippen LogP) is 4.64. The molecule has 2 N–H and O–H groups in total. The monoisotopic (exact) mass is 456 g/mol. The fourth-order valence-electron chi connectivity index (χ4n) is 5.48. The van der Waals surface area contributed by atoms with Crippen LogP contribution in [0, 0.1) is 5.92 Å². The lowest BCUT2D eigenvalue weighted by molar-refractivity contribution is 0.444. The van der Waals surface area contributed by atoms with Gasteiger partial charge in [0.1, 0.15) is 5.82 Å². The van der Waals surface area contributed by atoms with E-state index in [4.69, 9.17) is 4.98 Å². The molecular formula is C28H32N4O2. The van der Waals surface area contributed by atoms with Crippen LogP contribution in [0.4, 0.5) is 5.82 Å². The molecule has 1 unspecified atom stereocenters. The smallest absolute Gasteiger partial charge is 0.325 e. The molecule has 0 spiro atoms. The molecule has 0 bridgehead atoms. The summed E-state index contributed by atoms with van der Waals surface area (Å²) in [6.07, 6.45) is 9.75. The molecule has 6 nitrogen and oxygen atoms in total. The van der Waals surface area contributed by atoms with Crippen LogP contribution in [-0.4, -0.2) is 28.0 Å². The Morgan fingerprint density at radius 3 is 2.68 bits per heavy atom. The van der Waals surface area contributed by atoms with Crippen molar-refractivity contribution in [2.24, 2.45) is 5.92 Å². The summed E-state index contributed by atoms with van der Waals surface area (Å²) in [6, 6.07) is 14.1. The number of pyridine rings is 1. The summed E-state index contributed by atoms with van der Waals surface area (Å²) in [6.45, 7) is 4.42. The molecule has 2 atom stereocenters. The molecule has 1 aromatic carbocycles. The van der Waals surface area contributed by atoms with E-state index >= 15 is 0 Å². The molecule has 3 heterocycles. The summed E-state index contributed by atoms with van der Waals surface area (Å²) in [5.74, 6) is 1.89. The van der Waals surface area contributed by atoms with Crippen LogP contribution in [-0.2, 0) is 6.42 Å². The Kier molecular flexibility index (Phi) is 6.48. The molecular weight excluding hydrogens is 424 g/mol. The van der Waals surface area contributed by atoms with E-state index in [0.29, 0.717) is 17.9 Å². The highest BCUT2D eigenvalue weighted by Crippen LogP contribution is 2.39. The van der Waals surface area contributed by atoms with E-state index in [1.54, 1.807) is 0 Å². The maximum absolute atomic E-state index is 12.7. The van der Waals surface area contributed by atoms with Gasteiger partial charge in [-0.2, -0.15) is 0 Å². The van der Waals surface area contributed by atoms with Crippen molar-refractivity contribution in [3.63, 3.8) is 0 Å². The lowest BCUT2D eigenvalue weighted by Crippen LogP contribution is -2.35. The number of piperidine rings is 1. The van der Waals surface area contributed by atoms with Crippen LogP contribution in [0.25, 0.3) is 5.57 Å². The van der Waals surface area contributed by atoms with Gasteiger partial charge < -0.3 is 9.88 Å². The number of hydrogen-bond acceptors (Lipinski definition) is 4. The van der Waals surface area contributed by atoms with Crippen molar-refractivity contribution in [1.29, 1.82) is 0 Å². The molecule has 6 heteroatoms. The first kappa shape index (κ1) is 22.4. The van der Waals surface area contributed by atoms with E-state index < -0.39 is 5.69 Å². The third-order valence-corrected chi connectivity index (χ3v) is 7.21. The SMILES string of the molecule is C[C@H]1CCCN(c2ncccc2C2=CCC(c3[nH]c(=O)[nH]c(=O)c3Cc3ccccc3)CC2)C1. The molecule has 5 rings (SSSR count). The zero-order chi connectivity index (χ0) is 23.5. The van der Waals surface area contributed by atoms with Gasteiger partial charge in [-0.15, -0.1) is 0 Å². The molecule has 1 aliphatic carbocycles. The number of benzene rings is 1. The normalized spacial score (nSPS) is 20.7. The average molecular weight is 457 g/mol. The first-order chi connectivity index (χ1) is 16.6. The van der Waals surface area contributed by atoms with Gasteiger partial charge in [-0.3, -0.25) is 9.78 Å². The third kappa shape index (κ3) is 4.76. The quantitative estimate of drug-likeness (QED) is 0.586. The minimum Gasteiger partial charge on any atom is -0.356 e. The number of nitrogens with zero attached hydrogens (tertiary/aromatic N) is 2. The van der Waals surface area contributed by atoms with Crippen molar-refractivity contribution in [3.05, 3.63) is 98.0 Å². The van der Waals surface area contributed by atoms with Crippen molar-refractivity contribution in [3.8, 4) is 0 Å². The molecule has 3 aromatic rings. The predicted molar refractivity (Wildman–Crippen MR) is 136 cm³/mol. The molecule has 0 saturated carbocycles. The number of H-pyrrole nitrogens is 2. The molecule has 1 saturated heterocycles. The fourth-order valence-corrected chi connectivity index (χ4v) is 5.48. The minimum atomic E-state index is -0.430. The third-order valence-electron chi connectivity index (χ3n) is 7.21. The number of rotatable bonds is 5. The summed E-state index contributed by atoms with van der Waals surface area (Å²) in [4.78, 5) is 37.5. The van der Waals surface area contributed by atoms with Gasteiger partial charge in [0.15, 0.2) is 0 Å². The summed E-state index contributed by atoms with van der Waals surface area (Å²) < 4.78 is 0. The van der Waals surface area contributed by atoms with Crippen molar-refractivity contribution in [2.45, 2.75) is 51.4 Å². The van der Waals surface area contributed by atoms with Crippen LogP contribution in [0.2, 0.25) is 0 Å². The summed E-state index contributed by atoms with van der Waals surface area (Å²) in [5, 5.41) is 0. The Morgan fingerprint density at radius 2 is 1.91 bits per heavy atom. The Hall–Kier alpha value is -3.41. The van der Waals surface area contributed by atoms with Crippen LogP contribution in [0.1, 0.15) is 67.3 Å². The largest absolute Gasteiger partial charge is 0.356 e. The second kappa shape index (κ2) is 9.84. The van der Waals surface area contributed by atoms with Gasteiger partial charge in [-0.05, 0) is 61.3 Å². The van der Waals surface area contributed by atoms with Gasteiger partial charge >= 0.3 is 5.69 Å². The van der Waals surface area contributed by atoms with Crippen molar-refractivity contribution in [1.82, 2.24) is 15.0 Å². The number of hydrogen-bond donors (Lipinski definition) is 2. The first-order valence-electron chi connectivity index (χ1n) is 12.4. The standard InChI is InChI=1S/C28H32N4O2/c1-19-7-6-16-32(18-19)26-23(10-5-15-29-26)21-11-13-22(14-12-21)25-24(27(33)31-28(34)30-25)17-20-8-3-2-4-9-20/h2-5,8-11,15,19,22H,6-7,12-14,16-18H2,1H3,(H2,30,31,33,34)/t19-,22?/m0/s1. The van der Waals surface area contributed by atoms with Crippen LogP contribution in [0.5, 0.6) is 0 Å². The fraction of sp³-hybridized carbons (Fsp3) is 0.393. The lowest BCUT2D eigenvalue weighted by Gasteiger charge is -2.34. The summed E-state index contributed by atoms with van der Waals surface area (Å²) in [5.41, 5.74) is 4.32. The number of aromatic nitrogens is 3. The van der Waals surface area contributed by atoms with Gasteiger partial charge in [0.05, 0.1) is 0 Å². The minimum absolute atomic E-state index is 0.118. The molecule has 0 amide bonds. The maximum atomic E-state index is 12.7. The number of allylic oxidation sites excluding steroid dienone is 2. The molecule has 2 aromatic heterocycles. The number of aromatic amines is 2. The first-order valence-corrected chi connectivity index (χ1v) is 12.4. The van der Waals surface area contributed by atoms with E-state index in [1.165, 1.54) is 24.0 Å². The van der Waals surface area contributed by atoms with Crippen molar-refractivity contribution >= 4 is 11.4 Å². The van der Waals surface area contributed by atoms with Gasteiger partial charge in [0.25, 0.3) is 5.56 Å². The van der Waals surface area contributed by atoms with Crippen LogP contribution < -0.4 is 16.1 Å². The van der Waals surface area contributed by atoms with E-state index in [9.17, 15) is 9.59 Å². The molecule has 2 aliphatic rings. The topological polar surface area (TPSA) is 81.8 Å².